The molecule has 0 saturated carbocycles. The fourth-order valence-electron chi connectivity index (χ4n) is 7.29. The van der Waals surface area contributed by atoms with Crippen LogP contribution in [0.4, 0.5) is 11.4 Å². The average molecular weight is 657 g/mol. The number of benzene rings is 6. The molecule has 0 aliphatic rings. The highest BCUT2D eigenvalue weighted by Crippen LogP contribution is 2.39. The molecule has 50 heavy (non-hydrogen) atoms. The van der Waals surface area contributed by atoms with Crippen molar-refractivity contribution in [3.05, 3.63) is 203 Å². The third-order valence-electron chi connectivity index (χ3n) is 10.0. The highest BCUT2D eigenvalue weighted by molar-refractivity contribution is 5.53. The van der Waals surface area contributed by atoms with E-state index in [0.717, 1.165) is 32.6 Å². The van der Waals surface area contributed by atoms with Crippen LogP contribution in [0.25, 0.3) is 0 Å². The zero-order valence-electron chi connectivity index (χ0n) is 29.9. The van der Waals surface area contributed by atoms with Gasteiger partial charge in [-0.1, -0.05) is 179 Å². The zero-order chi connectivity index (χ0) is 34.4. The summed E-state index contributed by atoms with van der Waals surface area (Å²) in [5.74, 6) is 0.934. The second-order valence-corrected chi connectivity index (χ2v) is 13.6. The van der Waals surface area contributed by atoms with E-state index in [1.807, 2.05) is 0 Å². The second kappa shape index (κ2) is 18.1. The summed E-state index contributed by atoms with van der Waals surface area (Å²) in [5, 5.41) is 0. The molecular weight excluding hydrogens is 605 g/mol. The van der Waals surface area contributed by atoms with Crippen molar-refractivity contribution >= 4 is 11.4 Å². The maximum atomic E-state index is 2.50. The first kappa shape index (κ1) is 34.8. The van der Waals surface area contributed by atoms with Crippen LogP contribution in [0, 0.1) is 5.92 Å². The molecule has 254 valence electrons. The summed E-state index contributed by atoms with van der Waals surface area (Å²) in [6, 6.07) is 62.4. The highest BCUT2D eigenvalue weighted by atomic mass is 15.1. The molecule has 6 aromatic carbocycles. The molecule has 0 bridgehead atoms. The van der Waals surface area contributed by atoms with Crippen LogP contribution in [0.2, 0.25) is 0 Å². The lowest BCUT2D eigenvalue weighted by Crippen LogP contribution is -2.22. The van der Waals surface area contributed by atoms with Gasteiger partial charge in [0.2, 0.25) is 0 Å². The Bertz CT molecular complexity index is 1590. The summed E-state index contributed by atoms with van der Waals surface area (Å²) >= 11 is 0. The Morgan fingerprint density at radius 3 is 1.00 bits per heavy atom. The van der Waals surface area contributed by atoms with Crippen LogP contribution in [0.5, 0.6) is 0 Å². The summed E-state index contributed by atoms with van der Waals surface area (Å²) in [6.45, 7) is 8.17. The molecule has 0 heterocycles. The fourth-order valence-corrected chi connectivity index (χ4v) is 7.29. The molecular formula is C48H52N2. The maximum absolute atomic E-state index is 2.50. The van der Waals surface area contributed by atoms with E-state index in [-0.39, 0.29) is 0 Å². The SMILES string of the molecule is CCCCC(CC)C(c1ccc(N(Cc2ccccc2)Cc2ccccc2)cc1)c1ccc(N(Cc2ccccc2)Cc2ccccc2)cc1. The van der Waals surface area contributed by atoms with Crippen LogP contribution in [0.3, 0.4) is 0 Å². The van der Waals surface area contributed by atoms with Crippen LogP contribution in [-0.2, 0) is 26.2 Å². The van der Waals surface area contributed by atoms with Gasteiger partial charge in [-0.15, -0.1) is 0 Å². The van der Waals surface area contributed by atoms with Gasteiger partial charge in [-0.3, -0.25) is 0 Å². The Morgan fingerprint density at radius 2 is 0.720 bits per heavy atom. The van der Waals surface area contributed by atoms with Crippen molar-refractivity contribution in [3.63, 3.8) is 0 Å². The number of nitrogens with zero attached hydrogens (tertiary/aromatic N) is 2. The zero-order valence-corrected chi connectivity index (χ0v) is 29.9. The van der Waals surface area contributed by atoms with Crippen molar-refractivity contribution in [1.82, 2.24) is 0 Å². The van der Waals surface area contributed by atoms with Gasteiger partial charge in [0.25, 0.3) is 0 Å². The minimum absolute atomic E-state index is 0.350. The standard InChI is InChI=1S/C48H52N2/c1-3-5-26-43(4-2)48(44-27-31-46(32-28-44)49(35-39-18-10-6-11-19-39)36-40-20-12-7-13-21-40)45-29-33-47(34-30-45)50(37-41-22-14-8-15-23-41)38-42-24-16-9-17-25-42/h6-25,27-34,43,48H,3-5,26,35-38H2,1-2H3. The quantitative estimate of drug-likeness (QED) is 0.0964. The van der Waals surface area contributed by atoms with Gasteiger partial charge >= 0.3 is 0 Å². The molecule has 0 radical (unpaired) electrons. The highest BCUT2D eigenvalue weighted by Gasteiger charge is 2.24. The Morgan fingerprint density at radius 1 is 0.400 bits per heavy atom. The predicted molar refractivity (Wildman–Crippen MR) is 214 cm³/mol. The predicted octanol–water partition coefficient (Wildman–Crippen LogP) is 12.4. The minimum atomic E-state index is 0.350. The van der Waals surface area contributed by atoms with Crippen LogP contribution in [0.15, 0.2) is 170 Å². The van der Waals surface area contributed by atoms with Gasteiger partial charge in [-0.05, 0) is 70.0 Å². The van der Waals surface area contributed by atoms with Crippen LogP contribution < -0.4 is 9.80 Å². The molecule has 0 aromatic heterocycles. The van der Waals surface area contributed by atoms with E-state index in [0.29, 0.717) is 11.8 Å². The van der Waals surface area contributed by atoms with Gasteiger partial charge < -0.3 is 9.80 Å². The molecule has 0 spiro atoms. The van der Waals surface area contributed by atoms with E-state index in [9.17, 15) is 0 Å². The van der Waals surface area contributed by atoms with Gasteiger partial charge in [-0.25, -0.2) is 0 Å². The lowest BCUT2D eigenvalue weighted by molar-refractivity contribution is 0.406. The molecule has 0 aliphatic heterocycles. The van der Waals surface area contributed by atoms with E-state index in [4.69, 9.17) is 0 Å². The third-order valence-corrected chi connectivity index (χ3v) is 10.0. The Kier molecular flexibility index (Phi) is 12.6. The molecule has 1 unspecified atom stereocenters. The smallest absolute Gasteiger partial charge is 0.0433 e. The number of anilines is 2. The minimum Gasteiger partial charge on any atom is -0.363 e. The molecule has 0 aliphatic carbocycles. The summed E-state index contributed by atoms with van der Waals surface area (Å²) < 4.78 is 0. The monoisotopic (exact) mass is 656 g/mol. The molecule has 6 aromatic rings. The van der Waals surface area contributed by atoms with E-state index in [2.05, 4.69) is 194 Å². The first-order valence-electron chi connectivity index (χ1n) is 18.6. The molecule has 2 nitrogen and oxygen atoms in total. The normalized spacial score (nSPS) is 11.7. The summed E-state index contributed by atoms with van der Waals surface area (Å²) in [6.07, 6.45) is 4.89. The van der Waals surface area contributed by atoms with E-state index < -0.39 is 0 Å². The van der Waals surface area contributed by atoms with Crippen molar-refractivity contribution in [2.75, 3.05) is 9.80 Å². The summed E-state index contributed by atoms with van der Waals surface area (Å²) in [7, 11) is 0. The number of hydrogen-bond acceptors (Lipinski definition) is 2. The van der Waals surface area contributed by atoms with Crippen LogP contribution in [-0.4, -0.2) is 0 Å². The van der Waals surface area contributed by atoms with Crippen molar-refractivity contribution in [3.8, 4) is 0 Å². The Labute approximate surface area is 301 Å². The summed E-state index contributed by atoms with van der Waals surface area (Å²) in [4.78, 5) is 5.00. The van der Waals surface area contributed by atoms with Crippen LogP contribution in [0.1, 0.15) is 78.8 Å². The van der Waals surface area contributed by atoms with E-state index in [1.54, 1.807) is 0 Å². The van der Waals surface area contributed by atoms with Gasteiger partial charge in [0, 0.05) is 43.5 Å². The van der Waals surface area contributed by atoms with E-state index in [1.165, 1.54) is 64.0 Å². The molecule has 0 amide bonds. The van der Waals surface area contributed by atoms with Gasteiger partial charge in [0.1, 0.15) is 0 Å². The lowest BCUT2D eigenvalue weighted by Gasteiger charge is -2.30. The molecule has 0 fully saturated rings. The lowest BCUT2D eigenvalue weighted by atomic mass is 9.77. The Balaban J connectivity index is 1.29. The number of unbranched alkanes of at least 4 members (excludes halogenated alkanes) is 1. The average Bonchev–Trinajstić information content (AvgIpc) is 3.18. The first-order chi connectivity index (χ1) is 24.7. The summed E-state index contributed by atoms with van der Waals surface area (Å²) in [5.41, 5.74) is 10.6. The number of hydrogen-bond donors (Lipinski definition) is 0. The van der Waals surface area contributed by atoms with Gasteiger partial charge in [0.05, 0.1) is 0 Å². The molecule has 0 N–H and O–H groups in total. The van der Waals surface area contributed by atoms with Gasteiger partial charge in [0.15, 0.2) is 0 Å². The first-order valence-corrected chi connectivity index (χ1v) is 18.6. The van der Waals surface area contributed by atoms with Crippen molar-refractivity contribution in [2.24, 2.45) is 5.92 Å². The molecule has 2 heteroatoms. The van der Waals surface area contributed by atoms with Crippen molar-refractivity contribution in [1.29, 1.82) is 0 Å². The molecule has 0 saturated heterocycles. The van der Waals surface area contributed by atoms with E-state index >= 15 is 0 Å². The van der Waals surface area contributed by atoms with Crippen molar-refractivity contribution < 1.29 is 0 Å². The van der Waals surface area contributed by atoms with Crippen LogP contribution >= 0.6 is 0 Å². The maximum Gasteiger partial charge on any atom is 0.0433 e. The fraction of sp³-hybridized carbons (Fsp3) is 0.250. The largest absolute Gasteiger partial charge is 0.363 e. The topological polar surface area (TPSA) is 6.48 Å². The molecule has 6 rings (SSSR count). The van der Waals surface area contributed by atoms with Gasteiger partial charge in [-0.2, -0.15) is 0 Å². The second-order valence-electron chi connectivity index (χ2n) is 13.6. The molecule has 1 atom stereocenters. The number of rotatable bonds is 17. The third kappa shape index (κ3) is 9.54. The van der Waals surface area contributed by atoms with Crippen molar-refractivity contribution in [2.45, 2.75) is 71.6 Å². The Hall–Kier alpha value is -5.08.